The van der Waals surface area contributed by atoms with Gasteiger partial charge in [-0.15, -0.1) is 24.0 Å². The summed E-state index contributed by atoms with van der Waals surface area (Å²) in [6, 6.07) is 10.3. The number of ether oxygens (including phenoxy) is 1. The monoisotopic (exact) mass is 377 g/mol. The lowest BCUT2D eigenvalue weighted by atomic mass is 10.1. The van der Waals surface area contributed by atoms with Crippen LogP contribution in [0.5, 0.6) is 0 Å². The third kappa shape index (κ3) is 9.72. The van der Waals surface area contributed by atoms with Crippen molar-refractivity contribution in [2.24, 2.45) is 10.7 Å². The summed E-state index contributed by atoms with van der Waals surface area (Å²) in [6.07, 6.45) is 1.87. The molecule has 0 aliphatic carbocycles. The number of rotatable bonds is 8. The van der Waals surface area contributed by atoms with E-state index in [1.165, 1.54) is 5.56 Å². The Kier molecular flexibility index (Phi) is 11.7. The number of nitrogens with zero attached hydrogens (tertiary/aromatic N) is 1. The molecule has 0 amide bonds. The molecule has 0 heterocycles. The van der Waals surface area contributed by atoms with Gasteiger partial charge in [-0.25, -0.2) is 0 Å². The van der Waals surface area contributed by atoms with Gasteiger partial charge in [0.25, 0.3) is 0 Å². The van der Waals surface area contributed by atoms with Crippen molar-refractivity contribution < 1.29 is 4.74 Å². The number of aliphatic imine (C=N–C) groups is 1. The van der Waals surface area contributed by atoms with Crippen LogP contribution in [-0.2, 0) is 11.2 Å². The van der Waals surface area contributed by atoms with E-state index in [0.29, 0.717) is 12.5 Å². The lowest BCUT2D eigenvalue weighted by molar-refractivity contribution is 0.146. The van der Waals surface area contributed by atoms with Crippen molar-refractivity contribution in [2.75, 3.05) is 26.3 Å². The van der Waals surface area contributed by atoms with Gasteiger partial charge in [0.05, 0.1) is 0 Å². The normalized spacial score (nSPS) is 10.9. The van der Waals surface area contributed by atoms with Crippen LogP contribution in [0, 0.1) is 0 Å². The van der Waals surface area contributed by atoms with E-state index in [9.17, 15) is 0 Å². The number of guanidine groups is 1. The smallest absolute Gasteiger partial charge is 0.188 e. The average Bonchev–Trinajstić information content (AvgIpc) is 2.40. The van der Waals surface area contributed by atoms with E-state index in [2.05, 4.69) is 22.4 Å². The van der Waals surface area contributed by atoms with Crippen LogP contribution in [0.25, 0.3) is 0 Å². The van der Waals surface area contributed by atoms with E-state index < -0.39 is 0 Å². The lowest BCUT2D eigenvalue weighted by Gasteiger charge is -2.05. The first-order valence-electron chi connectivity index (χ1n) is 6.48. The average molecular weight is 377 g/mol. The fourth-order valence-electron chi connectivity index (χ4n) is 1.55. The highest BCUT2D eigenvalue weighted by Gasteiger charge is 1.93. The van der Waals surface area contributed by atoms with Crippen molar-refractivity contribution in [3.05, 3.63) is 35.9 Å². The standard InChI is InChI=1S/C14H23N3O.HI/c1-2-18-12-6-10-16-14(15)17-11-9-13-7-4-3-5-8-13;/h3-5,7-8H,2,6,9-12H2,1H3,(H3,15,16,17);1H. The number of nitrogens with two attached hydrogens (primary N) is 1. The highest BCUT2D eigenvalue weighted by molar-refractivity contribution is 14.0. The van der Waals surface area contributed by atoms with E-state index in [1.807, 2.05) is 25.1 Å². The number of nitrogens with one attached hydrogen (secondary N) is 1. The first kappa shape index (κ1) is 18.2. The minimum Gasteiger partial charge on any atom is -0.382 e. The van der Waals surface area contributed by atoms with Crippen molar-refractivity contribution in [3.8, 4) is 0 Å². The Morgan fingerprint density at radius 3 is 2.74 bits per heavy atom. The molecular formula is C14H24IN3O. The van der Waals surface area contributed by atoms with Crippen LogP contribution in [0.4, 0.5) is 0 Å². The second-order valence-electron chi connectivity index (χ2n) is 3.98. The zero-order valence-corrected chi connectivity index (χ0v) is 13.8. The van der Waals surface area contributed by atoms with E-state index in [1.54, 1.807) is 0 Å². The van der Waals surface area contributed by atoms with Crippen molar-refractivity contribution in [3.63, 3.8) is 0 Å². The Bertz CT molecular complexity index is 344. The third-order valence-corrected chi connectivity index (χ3v) is 2.50. The third-order valence-electron chi connectivity index (χ3n) is 2.50. The molecule has 0 bridgehead atoms. The summed E-state index contributed by atoms with van der Waals surface area (Å²) in [5.74, 6) is 0.516. The summed E-state index contributed by atoms with van der Waals surface area (Å²) in [5.41, 5.74) is 7.05. The number of benzene rings is 1. The molecule has 0 saturated carbocycles. The molecule has 0 unspecified atom stereocenters. The molecular weight excluding hydrogens is 353 g/mol. The largest absolute Gasteiger partial charge is 0.382 e. The second-order valence-corrected chi connectivity index (χ2v) is 3.98. The molecule has 0 aliphatic rings. The minimum atomic E-state index is 0. The number of halogens is 1. The predicted octanol–water partition coefficient (Wildman–Crippen LogP) is 2.18. The molecule has 0 aliphatic heterocycles. The van der Waals surface area contributed by atoms with Crippen LogP contribution >= 0.6 is 24.0 Å². The van der Waals surface area contributed by atoms with Crippen LogP contribution in [0.3, 0.4) is 0 Å². The fraction of sp³-hybridized carbons (Fsp3) is 0.500. The number of hydrogen-bond donors (Lipinski definition) is 2. The van der Waals surface area contributed by atoms with Crippen LogP contribution in [0.2, 0.25) is 0 Å². The summed E-state index contributed by atoms with van der Waals surface area (Å²) >= 11 is 0. The van der Waals surface area contributed by atoms with Gasteiger partial charge in [0, 0.05) is 26.3 Å². The zero-order chi connectivity index (χ0) is 13.1. The molecule has 4 nitrogen and oxygen atoms in total. The molecule has 0 radical (unpaired) electrons. The van der Waals surface area contributed by atoms with Crippen LogP contribution in [0.15, 0.2) is 35.3 Å². The summed E-state index contributed by atoms with van der Waals surface area (Å²) in [5, 5.41) is 3.11. The summed E-state index contributed by atoms with van der Waals surface area (Å²) in [4.78, 5) is 4.23. The predicted molar refractivity (Wildman–Crippen MR) is 91.2 cm³/mol. The van der Waals surface area contributed by atoms with Gasteiger partial charge in [0.2, 0.25) is 0 Å². The van der Waals surface area contributed by atoms with Gasteiger partial charge in [-0.2, -0.15) is 0 Å². The Hall–Kier alpha value is -0.820. The highest BCUT2D eigenvalue weighted by Crippen LogP contribution is 1.97. The molecule has 19 heavy (non-hydrogen) atoms. The Morgan fingerprint density at radius 2 is 2.05 bits per heavy atom. The maximum absolute atomic E-state index is 5.75. The quantitative estimate of drug-likeness (QED) is 0.316. The maximum Gasteiger partial charge on any atom is 0.188 e. The first-order chi connectivity index (χ1) is 8.83. The Morgan fingerprint density at radius 1 is 1.32 bits per heavy atom. The molecule has 0 aromatic heterocycles. The van der Waals surface area contributed by atoms with Gasteiger partial charge in [-0.1, -0.05) is 30.3 Å². The molecule has 1 rings (SSSR count). The Labute approximate surface area is 132 Å². The lowest BCUT2D eigenvalue weighted by Crippen LogP contribution is -2.33. The molecule has 0 spiro atoms. The summed E-state index contributed by atoms with van der Waals surface area (Å²) < 4.78 is 5.22. The Balaban J connectivity index is 0.00000324. The van der Waals surface area contributed by atoms with E-state index in [0.717, 1.165) is 32.6 Å². The van der Waals surface area contributed by atoms with Crippen molar-refractivity contribution in [1.29, 1.82) is 0 Å². The fourth-order valence-corrected chi connectivity index (χ4v) is 1.55. The van der Waals surface area contributed by atoms with Gasteiger partial charge in [0.1, 0.15) is 0 Å². The van der Waals surface area contributed by atoms with Gasteiger partial charge in [-0.3, -0.25) is 4.99 Å². The van der Waals surface area contributed by atoms with Crippen LogP contribution in [-0.4, -0.2) is 32.3 Å². The van der Waals surface area contributed by atoms with Gasteiger partial charge >= 0.3 is 0 Å². The molecule has 1 aromatic rings. The maximum atomic E-state index is 5.75. The molecule has 0 fully saturated rings. The topological polar surface area (TPSA) is 59.6 Å². The van der Waals surface area contributed by atoms with Gasteiger partial charge < -0.3 is 15.8 Å². The molecule has 108 valence electrons. The SMILES string of the molecule is CCOCCCN=C(N)NCCc1ccccc1.I. The van der Waals surface area contributed by atoms with Crippen LogP contribution < -0.4 is 11.1 Å². The first-order valence-corrected chi connectivity index (χ1v) is 6.48. The second kappa shape index (κ2) is 12.2. The molecule has 5 heteroatoms. The van der Waals surface area contributed by atoms with E-state index in [4.69, 9.17) is 10.5 Å². The zero-order valence-electron chi connectivity index (χ0n) is 11.5. The van der Waals surface area contributed by atoms with Crippen molar-refractivity contribution in [1.82, 2.24) is 5.32 Å². The van der Waals surface area contributed by atoms with Crippen LogP contribution in [0.1, 0.15) is 18.9 Å². The molecule has 3 N–H and O–H groups in total. The summed E-state index contributed by atoms with van der Waals surface area (Å²) in [7, 11) is 0. The molecule has 0 saturated heterocycles. The molecule has 0 atom stereocenters. The van der Waals surface area contributed by atoms with Crippen molar-refractivity contribution in [2.45, 2.75) is 19.8 Å². The van der Waals surface area contributed by atoms with E-state index in [-0.39, 0.29) is 24.0 Å². The highest BCUT2D eigenvalue weighted by atomic mass is 127. The summed E-state index contributed by atoms with van der Waals surface area (Å²) in [6.45, 7) is 5.02. The molecule has 1 aromatic carbocycles. The number of hydrogen-bond acceptors (Lipinski definition) is 2. The van der Waals surface area contributed by atoms with Crippen molar-refractivity contribution >= 4 is 29.9 Å². The van der Waals surface area contributed by atoms with E-state index >= 15 is 0 Å². The van der Waals surface area contributed by atoms with Gasteiger partial charge in [-0.05, 0) is 25.3 Å². The minimum absolute atomic E-state index is 0. The van der Waals surface area contributed by atoms with Gasteiger partial charge in [0.15, 0.2) is 5.96 Å².